The van der Waals surface area contributed by atoms with Crippen molar-refractivity contribution >= 4 is 5.78 Å². The molecule has 0 aliphatic heterocycles. The van der Waals surface area contributed by atoms with Crippen LogP contribution in [-0.2, 0) is 4.79 Å². The first-order valence-electron chi connectivity index (χ1n) is 9.69. The zero-order valence-corrected chi connectivity index (χ0v) is 15.5. The number of ketones is 1. The average Bonchev–Trinajstić information content (AvgIpc) is 2.47. The zero-order valence-electron chi connectivity index (χ0n) is 15.5. The Balaban J connectivity index is 3.43. The molecule has 0 spiro atoms. The summed E-state index contributed by atoms with van der Waals surface area (Å²) in [4.78, 5) is 11.8. The van der Waals surface area contributed by atoms with E-state index in [1.165, 1.54) is 64.2 Å². The molecular formula is C19H40N2O2. The Morgan fingerprint density at radius 2 is 1.26 bits per heavy atom. The van der Waals surface area contributed by atoms with E-state index in [0.717, 1.165) is 12.8 Å². The molecule has 4 heteroatoms. The molecule has 0 saturated carbocycles. The molecular weight excluding hydrogens is 288 g/mol. The van der Waals surface area contributed by atoms with E-state index in [1.54, 1.807) is 6.92 Å². The Morgan fingerprint density at radius 1 is 0.870 bits per heavy atom. The van der Waals surface area contributed by atoms with Crippen LogP contribution in [-0.4, -0.2) is 22.7 Å². The van der Waals surface area contributed by atoms with Crippen molar-refractivity contribution < 1.29 is 9.90 Å². The number of carbonyl (C=O) groups is 1. The first kappa shape index (κ1) is 22.6. The molecule has 0 amide bonds. The number of rotatable bonds is 16. The third kappa shape index (κ3) is 13.7. The van der Waals surface area contributed by atoms with Crippen LogP contribution in [0.2, 0.25) is 0 Å². The Morgan fingerprint density at radius 3 is 1.65 bits per heavy atom. The number of aliphatic hydroxyl groups excluding tert-OH is 1. The highest BCUT2D eigenvalue weighted by Gasteiger charge is 2.28. The monoisotopic (exact) mass is 328 g/mol. The van der Waals surface area contributed by atoms with Gasteiger partial charge in [0, 0.05) is 6.42 Å². The summed E-state index contributed by atoms with van der Waals surface area (Å²) < 4.78 is 0. The van der Waals surface area contributed by atoms with E-state index in [2.05, 4.69) is 6.92 Å². The molecule has 0 aromatic carbocycles. The van der Waals surface area contributed by atoms with Crippen molar-refractivity contribution in [1.82, 2.24) is 0 Å². The Kier molecular flexibility index (Phi) is 13.7. The van der Waals surface area contributed by atoms with E-state index in [1.807, 2.05) is 0 Å². The van der Waals surface area contributed by atoms with Crippen LogP contribution >= 0.6 is 0 Å². The number of hydrogen-bond donors (Lipinski definition) is 3. The molecule has 23 heavy (non-hydrogen) atoms. The second-order valence-electron chi connectivity index (χ2n) is 7.16. The lowest BCUT2D eigenvalue weighted by atomic mass is 9.95. The standard InChI is InChI=1S/C19H40N2O2/c1-3-4-5-6-7-8-9-10-11-12-13-14-15-19(20,21)18(23)16-17(2)22/h17,22H,3-16,20-21H2,1-2H3. The summed E-state index contributed by atoms with van der Waals surface area (Å²) in [5, 5.41) is 9.23. The van der Waals surface area contributed by atoms with Gasteiger partial charge in [-0.2, -0.15) is 0 Å². The Hall–Kier alpha value is -0.450. The Labute approximate surface area is 143 Å². The molecule has 0 bridgehead atoms. The molecule has 0 heterocycles. The van der Waals surface area contributed by atoms with Gasteiger partial charge in [-0.15, -0.1) is 0 Å². The second-order valence-corrected chi connectivity index (χ2v) is 7.16. The third-order valence-electron chi connectivity index (χ3n) is 4.44. The SMILES string of the molecule is CCCCCCCCCCCCCCC(N)(N)C(=O)CC(C)O. The van der Waals surface area contributed by atoms with Crippen molar-refractivity contribution in [2.75, 3.05) is 0 Å². The van der Waals surface area contributed by atoms with E-state index in [4.69, 9.17) is 11.5 Å². The number of carbonyl (C=O) groups excluding carboxylic acids is 1. The van der Waals surface area contributed by atoms with Crippen LogP contribution in [0, 0.1) is 0 Å². The lowest BCUT2D eigenvalue weighted by Gasteiger charge is -2.23. The van der Waals surface area contributed by atoms with Crippen LogP contribution in [0.3, 0.4) is 0 Å². The normalized spacial score (nSPS) is 13.3. The molecule has 0 aliphatic carbocycles. The highest BCUT2D eigenvalue weighted by Crippen LogP contribution is 2.15. The van der Waals surface area contributed by atoms with Crippen LogP contribution in [0.4, 0.5) is 0 Å². The van der Waals surface area contributed by atoms with Crippen LogP contribution in [0.15, 0.2) is 0 Å². The maximum absolute atomic E-state index is 11.8. The quantitative estimate of drug-likeness (QED) is 0.295. The second kappa shape index (κ2) is 13.9. The maximum atomic E-state index is 11.8. The van der Waals surface area contributed by atoms with Gasteiger partial charge in [0.25, 0.3) is 0 Å². The lowest BCUT2D eigenvalue weighted by Crippen LogP contribution is -2.56. The minimum Gasteiger partial charge on any atom is -0.393 e. The van der Waals surface area contributed by atoms with Gasteiger partial charge < -0.3 is 16.6 Å². The fourth-order valence-electron chi connectivity index (χ4n) is 2.86. The molecule has 0 saturated heterocycles. The van der Waals surface area contributed by atoms with E-state index in [-0.39, 0.29) is 12.2 Å². The Bertz CT molecular complexity index is 291. The predicted octanol–water partition coefficient (Wildman–Crippen LogP) is 4.03. The van der Waals surface area contributed by atoms with Gasteiger partial charge in [-0.1, -0.05) is 77.6 Å². The van der Waals surface area contributed by atoms with Gasteiger partial charge in [-0.3, -0.25) is 4.79 Å². The van der Waals surface area contributed by atoms with Gasteiger partial charge in [0.15, 0.2) is 5.78 Å². The summed E-state index contributed by atoms with van der Waals surface area (Å²) in [6.45, 7) is 3.83. The molecule has 0 aliphatic rings. The molecule has 1 unspecified atom stereocenters. The van der Waals surface area contributed by atoms with Crippen molar-refractivity contribution in [1.29, 1.82) is 0 Å². The number of aliphatic hydroxyl groups is 1. The van der Waals surface area contributed by atoms with Crippen molar-refractivity contribution in [2.45, 2.75) is 116 Å². The van der Waals surface area contributed by atoms with Crippen molar-refractivity contribution in [3.8, 4) is 0 Å². The van der Waals surface area contributed by atoms with Crippen molar-refractivity contribution in [2.24, 2.45) is 11.5 Å². The molecule has 1 atom stereocenters. The summed E-state index contributed by atoms with van der Waals surface area (Å²) in [7, 11) is 0. The summed E-state index contributed by atoms with van der Waals surface area (Å²) >= 11 is 0. The van der Waals surface area contributed by atoms with Crippen LogP contribution < -0.4 is 11.5 Å². The minimum absolute atomic E-state index is 0.0469. The molecule has 0 fully saturated rings. The first-order chi connectivity index (χ1) is 10.9. The number of nitrogens with two attached hydrogens (primary N) is 2. The molecule has 5 N–H and O–H groups in total. The maximum Gasteiger partial charge on any atom is 0.169 e. The molecule has 0 rings (SSSR count). The summed E-state index contributed by atoms with van der Waals surface area (Å²) in [6.07, 6.45) is 15.2. The molecule has 0 aromatic heterocycles. The first-order valence-corrected chi connectivity index (χ1v) is 9.69. The van der Waals surface area contributed by atoms with Gasteiger partial charge in [-0.25, -0.2) is 0 Å². The zero-order chi connectivity index (χ0) is 17.6. The fourth-order valence-corrected chi connectivity index (χ4v) is 2.86. The number of hydrogen-bond acceptors (Lipinski definition) is 4. The number of unbranched alkanes of at least 4 members (excludes halogenated alkanes) is 11. The molecule has 4 nitrogen and oxygen atoms in total. The van der Waals surface area contributed by atoms with Crippen LogP contribution in [0.5, 0.6) is 0 Å². The highest BCUT2D eigenvalue weighted by atomic mass is 16.3. The summed E-state index contributed by atoms with van der Waals surface area (Å²) in [5.41, 5.74) is 10.4. The summed E-state index contributed by atoms with van der Waals surface area (Å²) in [5.74, 6) is -0.240. The molecule has 138 valence electrons. The lowest BCUT2D eigenvalue weighted by molar-refractivity contribution is -0.126. The smallest absolute Gasteiger partial charge is 0.169 e. The van der Waals surface area contributed by atoms with Crippen LogP contribution in [0.25, 0.3) is 0 Å². The topological polar surface area (TPSA) is 89.3 Å². The largest absolute Gasteiger partial charge is 0.393 e. The van der Waals surface area contributed by atoms with Crippen LogP contribution in [0.1, 0.15) is 104 Å². The van der Waals surface area contributed by atoms with Crippen molar-refractivity contribution in [3.63, 3.8) is 0 Å². The molecule has 0 aromatic rings. The van der Waals surface area contributed by atoms with Gasteiger partial charge in [0.05, 0.1) is 6.10 Å². The highest BCUT2D eigenvalue weighted by molar-refractivity contribution is 5.87. The fraction of sp³-hybridized carbons (Fsp3) is 0.947. The van der Waals surface area contributed by atoms with E-state index in [0.29, 0.717) is 6.42 Å². The molecule has 0 radical (unpaired) electrons. The minimum atomic E-state index is -1.27. The van der Waals surface area contributed by atoms with Gasteiger partial charge in [-0.05, 0) is 19.8 Å². The van der Waals surface area contributed by atoms with Gasteiger partial charge in [0.1, 0.15) is 5.66 Å². The number of Topliss-reactive ketones (excluding diaryl/α,β-unsaturated/α-hetero) is 1. The third-order valence-corrected chi connectivity index (χ3v) is 4.44. The predicted molar refractivity (Wildman–Crippen MR) is 98.1 cm³/mol. The van der Waals surface area contributed by atoms with E-state index < -0.39 is 11.8 Å². The van der Waals surface area contributed by atoms with E-state index in [9.17, 15) is 9.90 Å². The van der Waals surface area contributed by atoms with Gasteiger partial charge >= 0.3 is 0 Å². The summed E-state index contributed by atoms with van der Waals surface area (Å²) in [6, 6.07) is 0. The average molecular weight is 329 g/mol. The van der Waals surface area contributed by atoms with E-state index >= 15 is 0 Å². The van der Waals surface area contributed by atoms with Gasteiger partial charge in [0.2, 0.25) is 0 Å². The van der Waals surface area contributed by atoms with Crippen molar-refractivity contribution in [3.05, 3.63) is 0 Å².